The molecule has 0 bridgehead atoms. The van der Waals surface area contributed by atoms with E-state index in [2.05, 4.69) is 39.8 Å². The first-order valence-electron chi connectivity index (χ1n) is 9.07. The van der Waals surface area contributed by atoms with Crippen LogP contribution in [0.4, 0.5) is 0 Å². The van der Waals surface area contributed by atoms with Crippen molar-refractivity contribution in [3.05, 3.63) is 46.8 Å². The molecule has 0 N–H and O–H groups in total. The lowest BCUT2D eigenvalue weighted by Gasteiger charge is -2.32. The summed E-state index contributed by atoms with van der Waals surface area (Å²) in [7, 11) is 0. The summed E-state index contributed by atoms with van der Waals surface area (Å²) in [4.78, 5) is 9.56. The lowest BCUT2D eigenvalue weighted by atomic mass is 9.71. The average molecular weight is 308 g/mol. The Balaban J connectivity index is 2.23. The van der Waals surface area contributed by atoms with E-state index in [9.17, 15) is 0 Å². The summed E-state index contributed by atoms with van der Waals surface area (Å²) in [6.07, 6.45) is 11.4. The topological polar surface area (TPSA) is 25.8 Å². The zero-order chi connectivity index (χ0) is 16.4. The molecule has 0 aromatic carbocycles. The van der Waals surface area contributed by atoms with Gasteiger partial charge < -0.3 is 0 Å². The number of pyridine rings is 2. The second kappa shape index (κ2) is 6.43. The predicted molar refractivity (Wildman–Crippen MR) is 96.8 cm³/mol. The number of unbranched alkanes of at least 4 members (excludes halogenated alkanes) is 2. The van der Waals surface area contributed by atoms with Crippen molar-refractivity contribution in [2.75, 3.05) is 0 Å². The zero-order valence-electron chi connectivity index (χ0n) is 14.9. The van der Waals surface area contributed by atoms with E-state index in [0.717, 1.165) is 11.4 Å². The molecule has 1 aliphatic carbocycles. The highest BCUT2D eigenvalue weighted by molar-refractivity contribution is 5.75. The number of fused-ring (bicyclic) bond motifs is 3. The SMILES string of the molecule is CCCCC1(CCCC)c2cc(C)cnc2-c2ncc(C)cc21. The molecule has 2 nitrogen and oxygen atoms in total. The highest BCUT2D eigenvalue weighted by atomic mass is 14.8. The van der Waals surface area contributed by atoms with Crippen molar-refractivity contribution in [2.24, 2.45) is 0 Å². The van der Waals surface area contributed by atoms with E-state index in [1.54, 1.807) is 0 Å². The molecule has 0 saturated carbocycles. The summed E-state index contributed by atoms with van der Waals surface area (Å²) in [6, 6.07) is 4.73. The number of hydrogen-bond donors (Lipinski definition) is 0. The Morgan fingerprint density at radius 2 is 1.22 bits per heavy atom. The molecule has 0 saturated heterocycles. The summed E-state index contributed by atoms with van der Waals surface area (Å²) in [5.41, 5.74) is 7.72. The third-order valence-corrected chi connectivity index (χ3v) is 5.22. The van der Waals surface area contributed by atoms with E-state index in [4.69, 9.17) is 9.97 Å². The second-order valence-corrected chi connectivity index (χ2v) is 7.11. The Labute approximate surface area is 140 Å². The summed E-state index contributed by atoms with van der Waals surface area (Å²) in [5.74, 6) is 0. The molecule has 2 heterocycles. The van der Waals surface area contributed by atoms with Gasteiger partial charge in [0.1, 0.15) is 0 Å². The maximum atomic E-state index is 4.78. The molecule has 1 aliphatic rings. The minimum absolute atomic E-state index is 0.120. The van der Waals surface area contributed by atoms with Gasteiger partial charge in [0, 0.05) is 17.8 Å². The van der Waals surface area contributed by atoms with Gasteiger partial charge in [0.2, 0.25) is 0 Å². The molecule has 0 radical (unpaired) electrons. The number of nitrogens with zero attached hydrogens (tertiary/aromatic N) is 2. The van der Waals surface area contributed by atoms with Crippen molar-refractivity contribution in [2.45, 2.75) is 71.6 Å². The minimum Gasteiger partial charge on any atom is -0.254 e. The predicted octanol–water partition coefficient (Wildman–Crippen LogP) is 5.74. The Hall–Kier alpha value is -1.70. The van der Waals surface area contributed by atoms with Gasteiger partial charge >= 0.3 is 0 Å². The van der Waals surface area contributed by atoms with Gasteiger partial charge in [-0.1, -0.05) is 51.7 Å². The maximum absolute atomic E-state index is 4.78. The highest BCUT2D eigenvalue weighted by Gasteiger charge is 2.43. The minimum atomic E-state index is 0.120. The van der Waals surface area contributed by atoms with Crippen molar-refractivity contribution < 1.29 is 0 Å². The van der Waals surface area contributed by atoms with Gasteiger partial charge in [-0.05, 0) is 48.9 Å². The van der Waals surface area contributed by atoms with Crippen LogP contribution in [0.5, 0.6) is 0 Å². The van der Waals surface area contributed by atoms with E-state index in [-0.39, 0.29) is 5.41 Å². The smallest absolute Gasteiger partial charge is 0.0930 e. The molecular formula is C21H28N2. The number of rotatable bonds is 6. The molecule has 0 amide bonds. The third kappa shape index (κ3) is 2.69. The molecular weight excluding hydrogens is 280 g/mol. The molecule has 2 aromatic rings. The van der Waals surface area contributed by atoms with Crippen molar-refractivity contribution >= 4 is 0 Å². The first kappa shape index (κ1) is 16.2. The van der Waals surface area contributed by atoms with Crippen molar-refractivity contribution in [1.29, 1.82) is 0 Å². The van der Waals surface area contributed by atoms with Crippen LogP contribution in [0.1, 0.15) is 74.6 Å². The molecule has 0 unspecified atom stereocenters. The Morgan fingerprint density at radius 1 is 0.783 bits per heavy atom. The molecule has 122 valence electrons. The molecule has 0 atom stereocenters. The molecule has 0 fully saturated rings. The zero-order valence-corrected chi connectivity index (χ0v) is 14.9. The summed E-state index contributed by atoms with van der Waals surface area (Å²) < 4.78 is 0. The van der Waals surface area contributed by atoms with Crippen LogP contribution in [0.15, 0.2) is 24.5 Å². The van der Waals surface area contributed by atoms with E-state index >= 15 is 0 Å². The third-order valence-electron chi connectivity index (χ3n) is 5.22. The van der Waals surface area contributed by atoms with Crippen LogP contribution >= 0.6 is 0 Å². The largest absolute Gasteiger partial charge is 0.254 e. The normalized spacial score (nSPS) is 14.6. The molecule has 2 aromatic heterocycles. The standard InChI is InChI=1S/C21H28N2/c1-5-7-9-21(10-8-6-2)17-11-15(3)13-22-19(17)20-18(21)12-16(4)14-23-20/h11-14H,5-10H2,1-4H3. The summed E-state index contributed by atoms with van der Waals surface area (Å²) in [5, 5.41) is 0. The first-order valence-corrected chi connectivity index (χ1v) is 9.07. The monoisotopic (exact) mass is 308 g/mol. The summed E-state index contributed by atoms with van der Waals surface area (Å²) >= 11 is 0. The van der Waals surface area contributed by atoms with Crippen molar-refractivity contribution in [1.82, 2.24) is 9.97 Å². The second-order valence-electron chi connectivity index (χ2n) is 7.11. The Morgan fingerprint density at radius 3 is 1.61 bits per heavy atom. The van der Waals surface area contributed by atoms with Crippen LogP contribution in [0.25, 0.3) is 11.4 Å². The van der Waals surface area contributed by atoms with Gasteiger partial charge in [-0.2, -0.15) is 0 Å². The molecule has 0 spiro atoms. The fraction of sp³-hybridized carbons (Fsp3) is 0.524. The first-order chi connectivity index (χ1) is 11.1. The molecule has 2 heteroatoms. The fourth-order valence-corrected chi connectivity index (χ4v) is 4.01. The lowest BCUT2D eigenvalue weighted by molar-refractivity contribution is 0.413. The van der Waals surface area contributed by atoms with E-state index in [1.807, 2.05) is 12.4 Å². The Bertz CT molecular complexity index is 641. The number of hydrogen-bond acceptors (Lipinski definition) is 2. The van der Waals surface area contributed by atoms with Crippen LogP contribution in [0.2, 0.25) is 0 Å². The van der Waals surface area contributed by atoms with Gasteiger partial charge in [-0.15, -0.1) is 0 Å². The van der Waals surface area contributed by atoms with Crippen molar-refractivity contribution in [3.63, 3.8) is 0 Å². The van der Waals surface area contributed by atoms with E-state index in [1.165, 1.54) is 60.8 Å². The van der Waals surface area contributed by atoms with E-state index < -0.39 is 0 Å². The fourth-order valence-electron chi connectivity index (χ4n) is 4.01. The van der Waals surface area contributed by atoms with Crippen LogP contribution in [-0.4, -0.2) is 9.97 Å². The van der Waals surface area contributed by atoms with Gasteiger partial charge in [-0.25, -0.2) is 0 Å². The van der Waals surface area contributed by atoms with Crippen LogP contribution in [0, 0.1) is 13.8 Å². The van der Waals surface area contributed by atoms with Crippen molar-refractivity contribution in [3.8, 4) is 11.4 Å². The quantitative estimate of drug-likeness (QED) is 0.680. The summed E-state index contributed by atoms with van der Waals surface area (Å²) in [6.45, 7) is 8.87. The lowest BCUT2D eigenvalue weighted by Crippen LogP contribution is -2.25. The van der Waals surface area contributed by atoms with Crippen LogP contribution in [0.3, 0.4) is 0 Å². The van der Waals surface area contributed by atoms with Gasteiger partial charge in [-0.3, -0.25) is 9.97 Å². The Kier molecular flexibility index (Phi) is 4.52. The maximum Gasteiger partial charge on any atom is 0.0930 e. The molecule has 3 rings (SSSR count). The van der Waals surface area contributed by atoms with Gasteiger partial charge in [0.15, 0.2) is 0 Å². The highest BCUT2D eigenvalue weighted by Crippen LogP contribution is 2.52. The van der Waals surface area contributed by atoms with Crippen LogP contribution < -0.4 is 0 Å². The number of aromatic nitrogens is 2. The number of aryl methyl sites for hydroxylation is 2. The van der Waals surface area contributed by atoms with E-state index in [0.29, 0.717) is 0 Å². The van der Waals surface area contributed by atoms with Gasteiger partial charge in [0.25, 0.3) is 0 Å². The average Bonchev–Trinajstić information content (AvgIpc) is 2.80. The molecule has 0 aliphatic heterocycles. The van der Waals surface area contributed by atoms with Crippen LogP contribution in [-0.2, 0) is 5.41 Å². The molecule has 23 heavy (non-hydrogen) atoms. The van der Waals surface area contributed by atoms with Gasteiger partial charge in [0.05, 0.1) is 11.4 Å².